The molecule has 84 valence electrons. The molecule has 2 rings (SSSR count). The van der Waals surface area contributed by atoms with Crippen molar-refractivity contribution in [3.8, 4) is 11.4 Å². The van der Waals surface area contributed by atoms with Crippen LogP contribution in [0.4, 0.5) is 0 Å². The summed E-state index contributed by atoms with van der Waals surface area (Å²) in [6.45, 7) is 3.09. The van der Waals surface area contributed by atoms with Gasteiger partial charge in [0.2, 0.25) is 0 Å². The molecule has 0 saturated heterocycles. The summed E-state index contributed by atoms with van der Waals surface area (Å²) in [6, 6.07) is 9.73. The van der Waals surface area contributed by atoms with Crippen molar-refractivity contribution in [2.45, 2.75) is 13.5 Å². The fraction of sp³-hybridized carbons (Fsp3) is 0.250. The van der Waals surface area contributed by atoms with Crippen molar-refractivity contribution >= 4 is 0 Å². The smallest absolute Gasteiger partial charge is 0.121 e. The standard InChI is InChI=1S/C12H15N3O/c1-2-16-12-5-3-4-11(8-12)15-7-6-10(9-13)14-15/h3-8H,2,9,13H2,1H3. The summed E-state index contributed by atoms with van der Waals surface area (Å²) in [6.07, 6.45) is 1.90. The van der Waals surface area contributed by atoms with Crippen LogP contribution in [0.15, 0.2) is 36.5 Å². The number of nitrogens with two attached hydrogens (primary N) is 1. The Labute approximate surface area is 94.6 Å². The summed E-state index contributed by atoms with van der Waals surface area (Å²) in [5.41, 5.74) is 7.37. The highest BCUT2D eigenvalue weighted by Gasteiger charge is 2.01. The average Bonchev–Trinajstić information content (AvgIpc) is 2.78. The zero-order chi connectivity index (χ0) is 11.4. The first-order valence-corrected chi connectivity index (χ1v) is 5.31. The summed E-state index contributed by atoms with van der Waals surface area (Å²) in [5.74, 6) is 0.852. The van der Waals surface area contributed by atoms with E-state index in [1.807, 2.05) is 43.5 Å². The third-order valence-electron chi connectivity index (χ3n) is 2.25. The van der Waals surface area contributed by atoms with Crippen LogP contribution in [-0.2, 0) is 6.54 Å². The van der Waals surface area contributed by atoms with Gasteiger partial charge in [0.15, 0.2) is 0 Å². The van der Waals surface area contributed by atoms with Gasteiger partial charge in [-0.15, -0.1) is 0 Å². The van der Waals surface area contributed by atoms with Crippen molar-refractivity contribution in [1.82, 2.24) is 9.78 Å². The molecule has 0 fully saturated rings. The first kappa shape index (κ1) is 10.7. The van der Waals surface area contributed by atoms with Gasteiger partial charge in [-0.1, -0.05) is 6.07 Å². The van der Waals surface area contributed by atoms with E-state index in [0.29, 0.717) is 13.2 Å². The van der Waals surface area contributed by atoms with Gasteiger partial charge in [0.25, 0.3) is 0 Å². The zero-order valence-corrected chi connectivity index (χ0v) is 9.26. The summed E-state index contributed by atoms with van der Waals surface area (Å²) in [4.78, 5) is 0. The van der Waals surface area contributed by atoms with E-state index in [1.165, 1.54) is 0 Å². The Kier molecular flexibility index (Phi) is 3.22. The van der Waals surface area contributed by atoms with Gasteiger partial charge >= 0.3 is 0 Å². The average molecular weight is 217 g/mol. The fourth-order valence-corrected chi connectivity index (χ4v) is 1.50. The number of benzene rings is 1. The predicted molar refractivity (Wildman–Crippen MR) is 62.6 cm³/mol. The molecule has 0 saturated carbocycles. The molecule has 0 bridgehead atoms. The second-order valence-corrected chi connectivity index (χ2v) is 3.39. The second kappa shape index (κ2) is 4.81. The molecule has 0 aliphatic heterocycles. The van der Waals surface area contributed by atoms with Gasteiger partial charge in [-0.2, -0.15) is 5.10 Å². The molecule has 2 N–H and O–H groups in total. The molecule has 0 amide bonds. The number of hydrogen-bond acceptors (Lipinski definition) is 3. The number of rotatable bonds is 4. The minimum Gasteiger partial charge on any atom is -0.494 e. The van der Waals surface area contributed by atoms with E-state index in [-0.39, 0.29) is 0 Å². The predicted octanol–water partition coefficient (Wildman–Crippen LogP) is 1.73. The molecule has 0 aliphatic carbocycles. The number of hydrogen-bond donors (Lipinski definition) is 1. The third kappa shape index (κ3) is 2.23. The van der Waals surface area contributed by atoms with E-state index in [9.17, 15) is 0 Å². The largest absolute Gasteiger partial charge is 0.494 e. The van der Waals surface area contributed by atoms with Crippen LogP contribution >= 0.6 is 0 Å². The highest BCUT2D eigenvalue weighted by Crippen LogP contribution is 2.16. The lowest BCUT2D eigenvalue weighted by Gasteiger charge is -2.05. The normalized spacial score (nSPS) is 10.4. The van der Waals surface area contributed by atoms with Gasteiger partial charge in [-0.05, 0) is 25.1 Å². The van der Waals surface area contributed by atoms with E-state index in [0.717, 1.165) is 17.1 Å². The molecule has 0 aliphatic rings. The molecule has 4 heteroatoms. The Morgan fingerprint density at radius 3 is 2.94 bits per heavy atom. The molecule has 0 radical (unpaired) electrons. The lowest BCUT2D eigenvalue weighted by Crippen LogP contribution is -2.00. The Bertz CT molecular complexity index is 465. The fourth-order valence-electron chi connectivity index (χ4n) is 1.50. The lowest BCUT2D eigenvalue weighted by atomic mass is 10.3. The molecule has 16 heavy (non-hydrogen) atoms. The van der Waals surface area contributed by atoms with E-state index in [1.54, 1.807) is 4.68 Å². The van der Waals surface area contributed by atoms with Crippen LogP contribution in [0.5, 0.6) is 5.75 Å². The Morgan fingerprint density at radius 1 is 1.38 bits per heavy atom. The monoisotopic (exact) mass is 217 g/mol. The van der Waals surface area contributed by atoms with Crippen LogP contribution in [0.25, 0.3) is 5.69 Å². The summed E-state index contributed by atoms with van der Waals surface area (Å²) < 4.78 is 7.23. The van der Waals surface area contributed by atoms with E-state index in [2.05, 4.69) is 5.10 Å². The summed E-state index contributed by atoms with van der Waals surface area (Å²) in [5, 5.41) is 4.34. The van der Waals surface area contributed by atoms with Gasteiger partial charge < -0.3 is 10.5 Å². The maximum absolute atomic E-state index is 5.52. The molecular weight excluding hydrogens is 202 g/mol. The van der Waals surface area contributed by atoms with Crippen LogP contribution in [-0.4, -0.2) is 16.4 Å². The molecule has 0 spiro atoms. The summed E-state index contributed by atoms with van der Waals surface area (Å²) >= 11 is 0. The Hall–Kier alpha value is -1.81. The Balaban J connectivity index is 2.28. The maximum Gasteiger partial charge on any atom is 0.121 e. The molecule has 4 nitrogen and oxygen atoms in total. The van der Waals surface area contributed by atoms with Gasteiger partial charge in [0, 0.05) is 18.8 Å². The lowest BCUT2D eigenvalue weighted by molar-refractivity contribution is 0.340. The topological polar surface area (TPSA) is 53.1 Å². The highest BCUT2D eigenvalue weighted by molar-refractivity contribution is 5.38. The van der Waals surface area contributed by atoms with Gasteiger partial charge in [-0.3, -0.25) is 0 Å². The van der Waals surface area contributed by atoms with Crippen LogP contribution in [0, 0.1) is 0 Å². The Morgan fingerprint density at radius 2 is 2.25 bits per heavy atom. The SMILES string of the molecule is CCOc1cccc(-n2ccc(CN)n2)c1. The quantitative estimate of drug-likeness (QED) is 0.848. The van der Waals surface area contributed by atoms with Crippen molar-refractivity contribution in [3.63, 3.8) is 0 Å². The zero-order valence-electron chi connectivity index (χ0n) is 9.26. The van der Waals surface area contributed by atoms with Gasteiger partial charge in [0.05, 0.1) is 18.0 Å². The van der Waals surface area contributed by atoms with Crippen LogP contribution < -0.4 is 10.5 Å². The number of aromatic nitrogens is 2. The minimum absolute atomic E-state index is 0.456. The maximum atomic E-state index is 5.52. The van der Waals surface area contributed by atoms with E-state index < -0.39 is 0 Å². The first-order chi connectivity index (χ1) is 7.83. The van der Waals surface area contributed by atoms with Crippen molar-refractivity contribution in [2.75, 3.05) is 6.61 Å². The van der Waals surface area contributed by atoms with Crippen LogP contribution in [0.1, 0.15) is 12.6 Å². The first-order valence-electron chi connectivity index (χ1n) is 5.31. The highest BCUT2D eigenvalue weighted by atomic mass is 16.5. The molecule has 0 unspecified atom stereocenters. The van der Waals surface area contributed by atoms with Crippen molar-refractivity contribution in [2.24, 2.45) is 5.73 Å². The molecular formula is C12H15N3O. The third-order valence-corrected chi connectivity index (χ3v) is 2.25. The van der Waals surface area contributed by atoms with Gasteiger partial charge in [-0.25, -0.2) is 4.68 Å². The van der Waals surface area contributed by atoms with Crippen LogP contribution in [0.3, 0.4) is 0 Å². The molecule has 1 aromatic heterocycles. The van der Waals surface area contributed by atoms with Gasteiger partial charge in [0.1, 0.15) is 5.75 Å². The number of nitrogens with zero attached hydrogens (tertiary/aromatic N) is 2. The van der Waals surface area contributed by atoms with E-state index >= 15 is 0 Å². The van der Waals surface area contributed by atoms with Crippen LogP contribution in [0.2, 0.25) is 0 Å². The molecule has 1 heterocycles. The molecule has 2 aromatic rings. The van der Waals surface area contributed by atoms with Crippen molar-refractivity contribution in [1.29, 1.82) is 0 Å². The second-order valence-electron chi connectivity index (χ2n) is 3.39. The minimum atomic E-state index is 0.456. The van der Waals surface area contributed by atoms with Crippen molar-refractivity contribution < 1.29 is 4.74 Å². The molecule has 0 atom stereocenters. The summed E-state index contributed by atoms with van der Waals surface area (Å²) in [7, 11) is 0. The van der Waals surface area contributed by atoms with Crippen molar-refractivity contribution in [3.05, 3.63) is 42.2 Å². The number of ether oxygens (including phenoxy) is 1. The molecule has 1 aromatic carbocycles. The van der Waals surface area contributed by atoms with E-state index in [4.69, 9.17) is 10.5 Å².